The summed E-state index contributed by atoms with van der Waals surface area (Å²) in [7, 11) is 1.80. The number of H-pyrrole nitrogens is 1. The van der Waals surface area contributed by atoms with Gasteiger partial charge < -0.3 is 24.7 Å². The Morgan fingerprint density at radius 2 is 1.87 bits per heavy atom. The zero-order valence-electron chi connectivity index (χ0n) is 17.2. The Hall–Kier alpha value is -3.06. The average molecular weight is 424 g/mol. The third-order valence-electron chi connectivity index (χ3n) is 5.36. The first-order valence-electron chi connectivity index (χ1n) is 10.0. The van der Waals surface area contributed by atoms with Crippen molar-refractivity contribution < 1.29 is 9.47 Å². The van der Waals surface area contributed by atoms with Crippen molar-refractivity contribution in [2.45, 2.75) is 19.9 Å². The van der Waals surface area contributed by atoms with Crippen LogP contribution >= 0.6 is 12.2 Å². The lowest BCUT2D eigenvalue weighted by Crippen LogP contribution is -2.39. The molecule has 1 aromatic heterocycles. The number of nitrogens with one attached hydrogen (secondary N) is 2. The molecule has 4 rings (SSSR count). The molecule has 2 aromatic carbocycles. The van der Waals surface area contributed by atoms with E-state index in [0.717, 1.165) is 17.3 Å². The molecule has 1 aliphatic rings. The maximum atomic E-state index is 12.8. The Bertz CT molecular complexity index is 1140. The number of ether oxygens (including phenoxy) is 2. The molecule has 7 heteroatoms. The van der Waals surface area contributed by atoms with E-state index in [1.807, 2.05) is 35.2 Å². The predicted molar refractivity (Wildman–Crippen MR) is 123 cm³/mol. The summed E-state index contributed by atoms with van der Waals surface area (Å²) in [5, 5.41) is 4.56. The number of hydrogen-bond acceptors (Lipinski definition) is 4. The summed E-state index contributed by atoms with van der Waals surface area (Å²) in [6.45, 7) is 4.28. The molecular formula is C23H25N3O3S. The maximum Gasteiger partial charge on any atom is 0.253 e. The summed E-state index contributed by atoms with van der Waals surface area (Å²) in [6.07, 6.45) is 0.846. The van der Waals surface area contributed by atoms with Crippen LogP contribution in [0.25, 0.3) is 10.9 Å². The molecule has 2 N–H and O–H groups in total. The van der Waals surface area contributed by atoms with Crippen LogP contribution in [0.4, 0.5) is 0 Å². The van der Waals surface area contributed by atoms with Crippen molar-refractivity contribution >= 4 is 28.2 Å². The summed E-state index contributed by atoms with van der Waals surface area (Å²) >= 11 is 5.51. The van der Waals surface area contributed by atoms with Gasteiger partial charge in [0.05, 0.1) is 12.1 Å². The van der Waals surface area contributed by atoms with Crippen LogP contribution in [-0.4, -0.2) is 41.8 Å². The zero-order chi connectivity index (χ0) is 21.1. The Balaban J connectivity index is 1.60. The number of aryl methyl sites for hydroxylation is 1. The second kappa shape index (κ2) is 8.75. The van der Waals surface area contributed by atoms with E-state index in [0.29, 0.717) is 48.5 Å². The fraction of sp³-hybridized carbons (Fsp3) is 0.304. The number of aromatic amines is 1. The molecule has 30 heavy (non-hydrogen) atoms. The molecule has 0 bridgehead atoms. The standard InChI is InChI=1S/C23H25N3O3S/c1-15-5-3-4-6-16(15)7-8-26(23(30)24-2)14-18-11-17-12-20-21(29-10-9-28-20)13-19(17)25-22(18)27/h3-6,11-13H,7-10,14H2,1-2H3,(H,24,30)(H,25,27). The van der Waals surface area contributed by atoms with Crippen LogP contribution in [0, 0.1) is 6.92 Å². The van der Waals surface area contributed by atoms with Crippen LogP contribution in [0.5, 0.6) is 11.5 Å². The first kappa shape index (κ1) is 20.2. The van der Waals surface area contributed by atoms with Crippen LogP contribution in [0.3, 0.4) is 0 Å². The molecule has 0 saturated heterocycles. The molecule has 0 spiro atoms. The number of nitrogens with zero attached hydrogens (tertiary/aromatic N) is 1. The van der Waals surface area contributed by atoms with Crippen molar-refractivity contribution in [3.8, 4) is 11.5 Å². The SMILES string of the molecule is CNC(=S)N(CCc1ccccc1C)Cc1cc2cc3c(cc2[nH]c1=O)OCCO3. The number of aromatic nitrogens is 1. The van der Waals surface area contributed by atoms with Gasteiger partial charge in [-0.2, -0.15) is 0 Å². The third-order valence-corrected chi connectivity index (χ3v) is 5.82. The lowest BCUT2D eigenvalue weighted by molar-refractivity contribution is 0.172. The minimum Gasteiger partial charge on any atom is -0.486 e. The molecule has 0 aliphatic carbocycles. The van der Waals surface area contributed by atoms with Crippen LogP contribution in [0.1, 0.15) is 16.7 Å². The molecule has 1 aliphatic heterocycles. The fourth-order valence-corrected chi connectivity index (χ4v) is 3.82. The van der Waals surface area contributed by atoms with E-state index < -0.39 is 0 Å². The monoisotopic (exact) mass is 423 g/mol. The molecule has 3 aromatic rings. The van der Waals surface area contributed by atoms with Gasteiger partial charge in [0.2, 0.25) is 0 Å². The number of hydrogen-bond donors (Lipinski definition) is 2. The van der Waals surface area contributed by atoms with Crippen LogP contribution in [0.2, 0.25) is 0 Å². The van der Waals surface area contributed by atoms with Gasteiger partial charge in [-0.25, -0.2) is 0 Å². The number of rotatable bonds is 5. The van der Waals surface area contributed by atoms with Crippen LogP contribution in [0.15, 0.2) is 47.3 Å². The first-order chi connectivity index (χ1) is 14.5. The van der Waals surface area contributed by atoms with Crippen molar-refractivity contribution in [3.05, 3.63) is 69.5 Å². The van der Waals surface area contributed by atoms with Gasteiger partial charge in [-0.1, -0.05) is 24.3 Å². The number of thiocarbonyl (C=S) groups is 1. The minimum absolute atomic E-state index is 0.126. The molecule has 0 saturated carbocycles. The molecule has 6 nitrogen and oxygen atoms in total. The van der Waals surface area contributed by atoms with Crippen molar-refractivity contribution in [1.29, 1.82) is 0 Å². The summed E-state index contributed by atoms with van der Waals surface area (Å²) in [5.41, 5.74) is 3.79. The summed E-state index contributed by atoms with van der Waals surface area (Å²) in [5.74, 6) is 1.36. The van der Waals surface area contributed by atoms with Crippen LogP contribution < -0.4 is 20.3 Å². The highest BCUT2D eigenvalue weighted by Crippen LogP contribution is 2.33. The second-order valence-electron chi connectivity index (χ2n) is 7.36. The Kier molecular flexibility index (Phi) is 5.90. The molecule has 0 fully saturated rings. The lowest BCUT2D eigenvalue weighted by atomic mass is 10.1. The number of pyridine rings is 1. The van der Waals surface area contributed by atoms with E-state index in [1.54, 1.807) is 7.05 Å². The number of benzene rings is 2. The topological polar surface area (TPSA) is 66.6 Å². The molecule has 0 amide bonds. The van der Waals surface area contributed by atoms with E-state index >= 15 is 0 Å². The van der Waals surface area contributed by atoms with E-state index in [4.69, 9.17) is 21.7 Å². The van der Waals surface area contributed by atoms with Crippen molar-refractivity contribution in [3.63, 3.8) is 0 Å². The van der Waals surface area contributed by atoms with Crippen LogP contribution in [-0.2, 0) is 13.0 Å². The lowest BCUT2D eigenvalue weighted by Gasteiger charge is -2.25. The second-order valence-corrected chi connectivity index (χ2v) is 7.75. The predicted octanol–water partition coefficient (Wildman–Crippen LogP) is 3.16. The normalized spacial score (nSPS) is 12.6. The zero-order valence-corrected chi connectivity index (χ0v) is 18.0. The van der Waals surface area contributed by atoms with E-state index in [9.17, 15) is 4.79 Å². The van der Waals surface area contributed by atoms with E-state index in [1.165, 1.54) is 11.1 Å². The van der Waals surface area contributed by atoms with Gasteiger partial charge in [-0.3, -0.25) is 4.79 Å². The molecule has 0 atom stereocenters. The third kappa shape index (κ3) is 4.26. The van der Waals surface area contributed by atoms with Gasteiger partial charge in [0.15, 0.2) is 16.6 Å². The van der Waals surface area contributed by atoms with Gasteiger partial charge in [-0.05, 0) is 48.8 Å². The fourth-order valence-electron chi connectivity index (χ4n) is 3.67. The highest BCUT2D eigenvalue weighted by molar-refractivity contribution is 7.80. The van der Waals surface area contributed by atoms with Crippen molar-refractivity contribution in [2.75, 3.05) is 26.8 Å². The summed E-state index contributed by atoms with van der Waals surface area (Å²) in [6, 6.07) is 14.0. The largest absolute Gasteiger partial charge is 0.486 e. The van der Waals surface area contributed by atoms with Gasteiger partial charge >= 0.3 is 0 Å². The molecule has 2 heterocycles. The quantitative estimate of drug-likeness (QED) is 0.615. The Labute approximate surface area is 180 Å². The highest BCUT2D eigenvalue weighted by Gasteiger charge is 2.16. The van der Waals surface area contributed by atoms with Crippen molar-refractivity contribution in [2.24, 2.45) is 0 Å². The molecular weight excluding hydrogens is 398 g/mol. The van der Waals surface area contributed by atoms with Gasteiger partial charge in [0, 0.05) is 30.6 Å². The Morgan fingerprint density at radius 1 is 1.13 bits per heavy atom. The van der Waals surface area contributed by atoms with Crippen molar-refractivity contribution in [1.82, 2.24) is 15.2 Å². The minimum atomic E-state index is -0.126. The number of fused-ring (bicyclic) bond motifs is 2. The molecule has 156 valence electrons. The van der Waals surface area contributed by atoms with Gasteiger partial charge in [0.1, 0.15) is 13.2 Å². The highest BCUT2D eigenvalue weighted by atomic mass is 32.1. The molecule has 0 unspecified atom stereocenters. The summed E-state index contributed by atoms with van der Waals surface area (Å²) < 4.78 is 11.3. The Morgan fingerprint density at radius 3 is 2.60 bits per heavy atom. The van der Waals surface area contributed by atoms with E-state index in [-0.39, 0.29) is 5.56 Å². The maximum absolute atomic E-state index is 12.8. The first-order valence-corrected chi connectivity index (χ1v) is 10.4. The van der Waals surface area contributed by atoms with E-state index in [2.05, 4.69) is 29.4 Å². The average Bonchev–Trinajstić information content (AvgIpc) is 2.76. The van der Waals surface area contributed by atoms with Gasteiger partial charge in [-0.15, -0.1) is 0 Å². The molecule has 0 radical (unpaired) electrons. The summed E-state index contributed by atoms with van der Waals surface area (Å²) in [4.78, 5) is 17.8. The smallest absolute Gasteiger partial charge is 0.253 e. The van der Waals surface area contributed by atoms with Gasteiger partial charge in [0.25, 0.3) is 5.56 Å².